The maximum absolute atomic E-state index is 10.6. The van der Waals surface area contributed by atoms with Gasteiger partial charge >= 0.3 is 5.97 Å². The molecule has 0 amide bonds. The van der Waals surface area contributed by atoms with E-state index in [1.54, 1.807) is 0 Å². The third-order valence-electron chi connectivity index (χ3n) is 4.23. The van der Waals surface area contributed by atoms with Crippen molar-refractivity contribution >= 4 is 5.97 Å². The molecule has 0 aliphatic rings. The highest BCUT2D eigenvalue weighted by Gasteiger charge is 2.13. The predicted molar refractivity (Wildman–Crippen MR) is 96.9 cm³/mol. The summed E-state index contributed by atoms with van der Waals surface area (Å²) in [5.74, 6) is -0.580. The molecule has 0 heterocycles. The molecule has 5 heteroatoms. The van der Waals surface area contributed by atoms with Gasteiger partial charge in [-0.15, -0.1) is 0 Å². The van der Waals surface area contributed by atoms with Crippen LogP contribution in [0, 0.1) is 5.92 Å². The number of unbranched alkanes of at least 4 members (excludes halogenated alkanes) is 2. The summed E-state index contributed by atoms with van der Waals surface area (Å²) in [5, 5.41) is 18.3. The third kappa shape index (κ3) is 11.7. The van der Waals surface area contributed by atoms with Crippen LogP contribution in [0.25, 0.3) is 0 Å². The van der Waals surface area contributed by atoms with Crippen LogP contribution in [0.1, 0.15) is 63.9 Å². The lowest BCUT2D eigenvalue weighted by Gasteiger charge is -2.17. The highest BCUT2D eigenvalue weighted by atomic mass is 17.2. The quantitative estimate of drug-likeness (QED) is 0.279. The Labute approximate surface area is 150 Å². The van der Waals surface area contributed by atoms with Crippen LogP contribution < -0.4 is 0 Å². The number of aliphatic carboxylic acids is 1. The number of hydrogen-bond donors (Lipinski definition) is 2. The zero-order valence-electron chi connectivity index (χ0n) is 15.2. The van der Waals surface area contributed by atoms with Gasteiger partial charge in [-0.05, 0) is 30.7 Å². The number of carbonyl (C=O) groups is 1. The molecule has 0 bridgehead atoms. The fourth-order valence-electron chi connectivity index (χ4n) is 2.77. The van der Waals surface area contributed by atoms with E-state index in [0.29, 0.717) is 25.6 Å². The molecule has 1 aromatic carbocycles. The standard InChI is InChI=1S/C20H32O5/c1-2-3-5-9-18(12-8-13-19(21)14-20(22)23)16-25-24-15-17-10-6-4-7-11-17/h4,6-7,10-11,18-19,21H,2-3,5,8-9,12-16H2,1H3,(H,22,23). The molecule has 5 nitrogen and oxygen atoms in total. The number of hydrogen-bond acceptors (Lipinski definition) is 4. The van der Waals surface area contributed by atoms with E-state index >= 15 is 0 Å². The van der Waals surface area contributed by atoms with E-state index in [-0.39, 0.29) is 6.42 Å². The molecule has 0 aliphatic heterocycles. The van der Waals surface area contributed by atoms with Crippen LogP contribution in [0.15, 0.2) is 30.3 Å². The maximum Gasteiger partial charge on any atom is 0.305 e. The first-order valence-electron chi connectivity index (χ1n) is 9.30. The zero-order valence-corrected chi connectivity index (χ0v) is 15.2. The Hall–Kier alpha value is -1.43. The van der Waals surface area contributed by atoms with Gasteiger partial charge in [0, 0.05) is 0 Å². The summed E-state index contributed by atoms with van der Waals surface area (Å²) in [6.07, 6.45) is 5.88. The van der Waals surface area contributed by atoms with Crippen LogP contribution >= 0.6 is 0 Å². The Morgan fingerprint density at radius 1 is 1.04 bits per heavy atom. The Morgan fingerprint density at radius 3 is 2.44 bits per heavy atom. The predicted octanol–water partition coefficient (Wildman–Crippen LogP) is 4.34. The molecular formula is C20H32O5. The van der Waals surface area contributed by atoms with Gasteiger partial charge in [0.15, 0.2) is 0 Å². The topological polar surface area (TPSA) is 76.0 Å². The first-order chi connectivity index (χ1) is 12.1. The second-order valence-corrected chi connectivity index (χ2v) is 6.58. The van der Waals surface area contributed by atoms with Gasteiger partial charge in [0.05, 0.1) is 19.1 Å². The van der Waals surface area contributed by atoms with E-state index in [9.17, 15) is 9.90 Å². The molecule has 0 spiro atoms. The molecule has 0 aliphatic carbocycles. The smallest absolute Gasteiger partial charge is 0.305 e. The Balaban J connectivity index is 2.24. The lowest BCUT2D eigenvalue weighted by molar-refractivity contribution is -0.311. The van der Waals surface area contributed by atoms with E-state index in [1.807, 2.05) is 30.3 Å². The summed E-state index contributed by atoms with van der Waals surface area (Å²) in [6.45, 7) is 3.14. The normalized spacial score (nSPS) is 13.5. The number of aliphatic hydroxyl groups is 1. The Kier molecular flexibility index (Phi) is 11.9. The van der Waals surface area contributed by atoms with E-state index in [4.69, 9.17) is 14.9 Å². The fraction of sp³-hybridized carbons (Fsp3) is 0.650. The summed E-state index contributed by atoms with van der Waals surface area (Å²) in [4.78, 5) is 21.3. The summed E-state index contributed by atoms with van der Waals surface area (Å²) in [6, 6.07) is 9.88. The van der Waals surface area contributed by atoms with Crippen LogP contribution in [0.5, 0.6) is 0 Å². The number of aliphatic hydroxyl groups excluding tert-OH is 1. The average molecular weight is 352 g/mol. The minimum absolute atomic E-state index is 0.183. The Bertz CT molecular complexity index is 449. The second-order valence-electron chi connectivity index (χ2n) is 6.58. The molecule has 0 radical (unpaired) electrons. The maximum atomic E-state index is 10.6. The number of carboxylic acid groups (broad SMARTS) is 1. The second kappa shape index (κ2) is 13.8. The number of carboxylic acids is 1. The fourth-order valence-corrected chi connectivity index (χ4v) is 2.77. The van der Waals surface area contributed by atoms with Crippen LogP contribution in [-0.2, 0) is 21.2 Å². The highest BCUT2D eigenvalue weighted by molar-refractivity contribution is 5.67. The molecule has 0 aromatic heterocycles. The van der Waals surface area contributed by atoms with Gasteiger partial charge in [0.2, 0.25) is 0 Å². The lowest BCUT2D eigenvalue weighted by Crippen LogP contribution is -2.15. The van der Waals surface area contributed by atoms with Gasteiger partial charge in [-0.2, -0.15) is 0 Å². The first-order valence-corrected chi connectivity index (χ1v) is 9.30. The first kappa shape index (κ1) is 21.6. The molecule has 2 atom stereocenters. The molecule has 0 saturated carbocycles. The summed E-state index contributed by atoms with van der Waals surface area (Å²) < 4.78 is 0. The van der Waals surface area contributed by atoms with Crippen LogP contribution in [0.3, 0.4) is 0 Å². The zero-order chi connectivity index (χ0) is 18.3. The van der Waals surface area contributed by atoms with Crippen molar-refractivity contribution in [2.24, 2.45) is 5.92 Å². The highest BCUT2D eigenvalue weighted by Crippen LogP contribution is 2.19. The van der Waals surface area contributed by atoms with E-state index in [2.05, 4.69) is 6.92 Å². The number of rotatable bonds is 15. The molecule has 2 N–H and O–H groups in total. The van der Waals surface area contributed by atoms with Crippen LogP contribution in [0.4, 0.5) is 0 Å². The average Bonchev–Trinajstić information content (AvgIpc) is 2.58. The van der Waals surface area contributed by atoms with Gasteiger partial charge < -0.3 is 10.2 Å². The molecular weight excluding hydrogens is 320 g/mol. The number of benzene rings is 1. The SMILES string of the molecule is CCCCCC(CCCC(O)CC(=O)O)COOCc1ccccc1. The van der Waals surface area contributed by atoms with Gasteiger partial charge in [-0.3, -0.25) is 4.79 Å². The molecule has 25 heavy (non-hydrogen) atoms. The third-order valence-corrected chi connectivity index (χ3v) is 4.23. The van der Waals surface area contributed by atoms with E-state index in [1.165, 1.54) is 12.8 Å². The largest absolute Gasteiger partial charge is 0.481 e. The molecule has 142 valence electrons. The van der Waals surface area contributed by atoms with Crippen molar-refractivity contribution in [2.45, 2.75) is 71.0 Å². The van der Waals surface area contributed by atoms with Crippen LogP contribution in [0.2, 0.25) is 0 Å². The summed E-state index contributed by atoms with van der Waals surface area (Å²) >= 11 is 0. The summed E-state index contributed by atoms with van der Waals surface area (Å²) in [5.41, 5.74) is 1.07. The van der Waals surface area contributed by atoms with Crippen molar-refractivity contribution in [1.82, 2.24) is 0 Å². The van der Waals surface area contributed by atoms with Crippen molar-refractivity contribution in [3.8, 4) is 0 Å². The summed E-state index contributed by atoms with van der Waals surface area (Å²) in [7, 11) is 0. The van der Waals surface area contributed by atoms with Gasteiger partial charge in [0.25, 0.3) is 0 Å². The monoisotopic (exact) mass is 352 g/mol. The van der Waals surface area contributed by atoms with Crippen molar-refractivity contribution < 1.29 is 24.8 Å². The minimum atomic E-state index is -0.954. The molecule has 0 saturated heterocycles. The van der Waals surface area contributed by atoms with Gasteiger partial charge in [0.1, 0.15) is 6.61 Å². The van der Waals surface area contributed by atoms with Crippen molar-refractivity contribution in [2.75, 3.05) is 6.61 Å². The minimum Gasteiger partial charge on any atom is -0.481 e. The van der Waals surface area contributed by atoms with Gasteiger partial charge in [-0.25, -0.2) is 9.78 Å². The lowest BCUT2D eigenvalue weighted by atomic mass is 9.95. The molecule has 2 unspecified atom stereocenters. The van der Waals surface area contributed by atoms with Crippen molar-refractivity contribution in [3.63, 3.8) is 0 Å². The molecule has 0 fully saturated rings. The molecule has 1 rings (SSSR count). The van der Waals surface area contributed by atoms with E-state index in [0.717, 1.165) is 31.2 Å². The van der Waals surface area contributed by atoms with Crippen LogP contribution in [-0.4, -0.2) is 28.9 Å². The van der Waals surface area contributed by atoms with Crippen molar-refractivity contribution in [3.05, 3.63) is 35.9 Å². The molecule has 1 aromatic rings. The van der Waals surface area contributed by atoms with Crippen molar-refractivity contribution in [1.29, 1.82) is 0 Å². The van der Waals surface area contributed by atoms with E-state index < -0.39 is 12.1 Å². The van der Waals surface area contributed by atoms with Gasteiger partial charge in [-0.1, -0.05) is 62.9 Å². The Morgan fingerprint density at radius 2 is 1.76 bits per heavy atom.